The summed E-state index contributed by atoms with van der Waals surface area (Å²) < 4.78 is 19.0. The summed E-state index contributed by atoms with van der Waals surface area (Å²) in [4.78, 5) is 33.1. The molecule has 2 heterocycles. The minimum absolute atomic E-state index is 0.0129. The van der Waals surface area contributed by atoms with Gasteiger partial charge in [-0.3, -0.25) is 4.79 Å². The van der Waals surface area contributed by atoms with Gasteiger partial charge < -0.3 is 29.0 Å². The maximum Gasteiger partial charge on any atom is 0.407 e. The number of methoxy groups -OCH3 is 1. The Kier molecular flexibility index (Phi) is 10.8. The van der Waals surface area contributed by atoms with Gasteiger partial charge in [0.05, 0.1) is 30.3 Å². The normalized spacial score (nSPS) is 16.5. The van der Waals surface area contributed by atoms with E-state index in [1.165, 1.54) is 0 Å². The predicted molar refractivity (Wildman–Crippen MR) is 159 cm³/mol. The second kappa shape index (κ2) is 14.5. The Hall–Kier alpha value is -3.43. The number of hydrogen-bond donors (Lipinski definition) is 1. The van der Waals surface area contributed by atoms with Crippen LogP contribution in [0.25, 0.3) is 11.0 Å². The van der Waals surface area contributed by atoms with Gasteiger partial charge in [0.2, 0.25) is 5.91 Å². The zero-order valence-electron chi connectivity index (χ0n) is 24.8. The lowest BCUT2D eigenvalue weighted by Gasteiger charge is -2.34. The molecule has 1 fully saturated rings. The number of fused-ring (bicyclic) bond motifs is 1. The number of aromatic nitrogens is 2. The molecular formula is C32H44N4O5. The van der Waals surface area contributed by atoms with Gasteiger partial charge in [0.25, 0.3) is 0 Å². The van der Waals surface area contributed by atoms with Gasteiger partial charge >= 0.3 is 6.09 Å². The molecule has 2 aromatic carbocycles. The van der Waals surface area contributed by atoms with E-state index in [0.717, 1.165) is 48.2 Å². The van der Waals surface area contributed by atoms with Gasteiger partial charge in [0, 0.05) is 45.7 Å². The Labute approximate surface area is 243 Å². The van der Waals surface area contributed by atoms with Crippen molar-refractivity contribution in [2.45, 2.75) is 77.2 Å². The number of para-hydroxylation sites is 2. The molecule has 9 nitrogen and oxygen atoms in total. The molecular weight excluding hydrogens is 520 g/mol. The van der Waals surface area contributed by atoms with E-state index in [0.29, 0.717) is 26.3 Å². The fourth-order valence-corrected chi connectivity index (χ4v) is 5.28. The van der Waals surface area contributed by atoms with Crippen LogP contribution in [0.2, 0.25) is 0 Å². The highest BCUT2D eigenvalue weighted by atomic mass is 16.6. The maximum atomic E-state index is 13.6. The van der Waals surface area contributed by atoms with Crippen molar-refractivity contribution in [2.24, 2.45) is 0 Å². The van der Waals surface area contributed by atoms with E-state index in [9.17, 15) is 9.59 Å². The summed E-state index contributed by atoms with van der Waals surface area (Å²) in [6, 6.07) is 17.5. The largest absolute Gasteiger partial charge is 0.444 e. The highest BCUT2D eigenvalue weighted by Crippen LogP contribution is 2.30. The van der Waals surface area contributed by atoms with Crippen LogP contribution in [-0.4, -0.2) is 71.5 Å². The van der Waals surface area contributed by atoms with Crippen LogP contribution in [-0.2, 0) is 32.2 Å². The lowest BCUT2D eigenvalue weighted by molar-refractivity contribution is -0.133. The number of hydrogen-bond acceptors (Lipinski definition) is 6. The van der Waals surface area contributed by atoms with Crippen molar-refractivity contribution in [3.8, 4) is 0 Å². The number of piperidine rings is 1. The maximum absolute atomic E-state index is 13.6. The Bertz CT molecular complexity index is 1270. The third-order valence-corrected chi connectivity index (χ3v) is 7.13. The molecule has 1 N–H and O–H groups in total. The first-order valence-electron chi connectivity index (χ1n) is 14.6. The topological polar surface area (TPSA) is 94.9 Å². The van der Waals surface area contributed by atoms with Gasteiger partial charge in [-0.1, -0.05) is 42.5 Å². The van der Waals surface area contributed by atoms with Crippen LogP contribution < -0.4 is 5.32 Å². The summed E-state index contributed by atoms with van der Waals surface area (Å²) in [6.45, 7) is 8.81. The van der Waals surface area contributed by atoms with E-state index in [1.807, 2.05) is 74.2 Å². The van der Waals surface area contributed by atoms with Crippen molar-refractivity contribution < 1.29 is 23.8 Å². The summed E-state index contributed by atoms with van der Waals surface area (Å²) in [5.41, 5.74) is 2.47. The molecule has 2 amide bonds. The molecule has 1 aromatic heterocycles. The van der Waals surface area contributed by atoms with Gasteiger partial charge in [-0.05, 0) is 57.7 Å². The van der Waals surface area contributed by atoms with Crippen LogP contribution in [0.1, 0.15) is 63.8 Å². The quantitative estimate of drug-likeness (QED) is 0.301. The van der Waals surface area contributed by atoms with Crippen LogP contribution in [0, 0.1) is 0 Å². The zero-order valence-corrected chi connectivity index (χ0v) is 24.8. The standard InChI is InChI=1S/C32H44N4O5/c1-32(2,3)41-31(38)33-26(23-40-22-24-12-6-5-7-13-24)20-29(37)35-17-10-14-25(21-35)30-34-27-15-8-9-16-28(27)36(30)18-11-19-39-4/h5-9,12-13,15-16,25-26H,10-11,14,17-23H2,1-4H3,(H,33,38)/t25-,26+/m1/s1. The van der Waals surface area contributed by atoms with Gasteiger partial charge in [0.15, 0.2) is 0 Å². The van der Waals surface area contributed by atoms with E-state index in [1.54, 1.807) is 7.11 Å². The van der Waals surface area contributed by atoms with Crippen LogP contribution >= 0.6 is 0 Å². The second-order valence-corrected chi connectivity index (χ2v) is 11.7. The molecule has 0 aliphatic carbocycles. The lowest BCUT2D eigenvalue weighted by Crippen LogP contribution is -2.46. The van der Waals surface area contributed by atoms with Crippen molar-refractivity contribution in [1.82, 2.24) is 19.8 Å². The van der Waals surface area contributed by atoms with E-state index in [2.05, 4.69) is 16.0 Å². The van der Waals surface area contributed by atoms with Crippen molar-refractivity contribution in [1.29, 1.82) is 0 Å². The fraction of sp³-hybridized carbons (Fsp3) is 0.531. The minimum Gasteiger partial charge on any atom is -0.444 e. The number of carbonyl (C=O) groups is 2. The smallest absolute Gasteiger partial charge is 0.407 e. The molecule has 0 radical (unpaired) electrons. The number of amides is 2. The minimum atomic E-state index is -0.641. The molecule has 0 spiro atoms. The molecule has 0 bridgehead atoms. The van der Waals surface area contributed by atoms with Crippen LogP contribution in [0.15, 0.2) is 54.6 Å². The highest BCUT2D eigenvalue weighted by molar-refractivity contribution is 5.78. The molecule has 41 heavy (non-hydrogen) atoms. The summed E-state index contributed by atoms with van der Waals surface area (Å²) in [7, 11) is 1.72. The summed E-state index contributed by atoms with van der Waals surface area (Å²) in [5, 5.41) is 2.87. The van der Waals surface area contributed by atoms with Gasteiger partial charge in [-0.2, -0.15) is 0 Å². The van der Waals surface area contributed by atoms with Crippen LogP contribution in [0.3, 0.4) is 0 Å². The molecule has 3 aromatic rings. The van der Waals surface area contributed by atoms with E-state index < -0.39 is 17.7 Å². The molecule has 1 saturated heterocycles. The molecule has 222 valence electrons. The Morgan fingerprint density at radius 3 is 2.61 bits per heavy atom. The first kappa shape index (κ1) is 30.5. The van der Waals surface area contributed by atoms with E-state index >= 15 is 0 Å². The van der Waals surface area contributed by atoms with Crippen molar-refractivity contribution in [2.75, 3.05) is 33.4 Å². The van der Waals surface area contributed by atoms with E-state index in [4.69, 9.17) is 19.2 Å². The third kappa shape index (κ3) is 9.03. The first-order valence-corrected chi connectivity index (χ1v) is 14.6. The average molecular weight is 565 g/mol. The summed E-state index contributed by atoms with van der Waals surface area (Å²) >= 11 is 0. The Balaban J connectivity index is 1.43. The van der Waals surface area contributed by atoms with Crippen LogP contribution in [0.5, 0.6) is 0 Å². The predicted octanol–water partition coefficient (Wildman–Crippen LogP) is 5.28. The number of likely N-dealkylation sites (tertiary alicyclic amines) is 1. The van der Waals surface area contributed by atoms with Gasteiger partial charge in [0.1, 0.15) is 11.4 Å². The molecule has 1 aliphatic heterocycles. The number of alkyl carbamates (subject to hydrolysis) is 1. The number of benzene rings is 2. The first-order chi connectivity index (χ1) is 19.7. The van der Waals surface area contributed by atoms with Crippen molar-refractivity contribution in [3.05, 3.63) is 66.0 Å². The Morgan fingerprint density at radius 1 is 1.10 bits per heavy atom. The third-order valence-electron chi connectivity index (χ3n) is 7.13. The fourth-order valence-electron chi connectivity index (χ4n) is 5.28. The van der Waals surface area contributed by atoms with Gasteiger partial charge in [-0.25, -0.2) is 9.78 Å². The zero-order chi connectivity index (χ0) is 29.2. The molecule has 0 saturated carbocycles. The van der Waals surface area contributed by atoms with Crippen molar-refractivity contribution in [3.63, 3.8) is 0 Å². The monoisotopic (exact) mass is 564 g/mol. The number of nitrogens with zero attached hydrogens (tertiary/aromatic N) is 3. The molecule has 0 unspecified atom stereocenters. The second-order valence-electron chi connectivity index (χ2n) is 11.7. The Morgan fingerprint density at radius 2 is 1.85 bits per heavy atom. The molecule has 2 atom stereocenters. The SMILES string of the molecule is COCCCn1c([C@@H]2CCCN(C(=O)C[C@@H](COCc3ccccc3)NC(=O)OC(C)(C)C)C2)nc2ccccc21. The number of carbonyl (C=O) groups excluding carboxylic acids is 2. The van der Waals surface area contributed by atoms with Crippen molar-refractivity contribution >= 4 is 23.0 Å². The molecule has 4 rings (SSSR count). The van der Waals surface area contributed by atoms with E-state index in [-0.39, 0.29) is 24.9 Å². The van der Waals surface area contributed by atoms with Crippen LogP contribution in [0.4, 0.5) is 4.79 Å². The molecule has 1 aliphatic rings. The number of rotatable bonds is 12. The number of ether oxygens (including phenoxy) is 3. The highest BCUT2D eigenvalue weighted by Gasteiger charge is 2.30. The number of nitrogens with one attached hydrogen (secondary N) is 1. The number of imidazole rings is 1. The summed E-state index contributed by atoms with van der Waals surface area (Å²) in [5.74, 6) is 1.14. The lowest BCUT2D eigenvalue weighted by atomic mass is 9.96. The van der Waals surface area contributed by atoms with Gasteiger partial charge in [-0.15, -0.1) is 0 Å². The number of aryl methyl sites for hydroxylation is 1. The average Bonchev–Trinajstić information content (AvgIpc) is 3.31. The molecule has 9 heteroatoms. The summed E-state index contributed by atoms with van der Waals surface area (Å²) in [6.07, 6.45) is 2.33.